The summed E-state index contributed by atoms with van der Waals surface area (Å²) in [5.41, 5.74) is 0. The van der Waals surface area contributed by atoms with Crippen molar-refractivity contribution >= 4 is 5.91 Å². The van der Waals surface area contributed by atoms with Gasteiger partial charge in [-0.1, -0.05) is 13.8 Å². The summed E-state index contributed by atoms with van der Waals surface area (Å²) in [6, 6.07) is 0.618. The second-order valence-electron chi connectivity index (χ2n) is 4.63. The Balaban J connectivity index is 2.27. The Bertz CT molecular complexity index is 203. The average molecular weight is 214 g/mol. The molecule has 0 spiro atoms. The molecule has 0 aromatic rings. The highest BCUT2D eigenvalue weighted by atomic mass is 16.3. The third-order valence-electron chi connectivity index (χ3n) is 2.44. The van der Waals surface area contributed by atoms with Crippen LogP contribution in [0.25, 0.3) is 0 Å². The molecule has 15 heavy (non-hydrogen) atoms. The van der Waals surface area contributed by atoms with Crippen LogP contribution in [-0.2, 0) is 4.79 Å². The van der Waals surface area contributed by atoms with Crippen molar-refractivity contribution in [1.82, 2.24) is 10.2 Å². The van der Waals surface area contributed by atoms with Crippen LogP contribution in [0.2, 0.25) is 0 Å². The largest absolute Gasteiger partial charge is 0.395 e. The molecule has 88 valence electrons. The molecule has 1 amide bonds. The molecule has 0 heterocycles. The Morgan fingerprint density at radius 3 is 2.67 bits per heavy atom. The third-order valence-corrected chi connectivity index (χ3v) is 2.44. The van der Waals surface area contributed by atoms with Gasteiger partial charge in [0.05, 0.1) is 13.2 Å². The van der Waals surface area contributed by atoms with Crippen molar-refractivity contribution in [1.29, 1.82) is 0 Å². The average Bonchev–Trinajstić information content (AvgIpc) is 2.96. The number of aliphatic hydroxyl groups excluding tert-OH is 1. The molecule has 1 saturated carbocycles. The molecule has 0 atom stereocenters. The van der Waals surface area contributed by atoms with E-state index in [1.807, 2.05) is 0 Å². The first-order valence-corrected chi connectivity index (χ1v) is 5.75. The first kappa shape index (κ1) is 12.5. The molecule has 0 unspecified atom stereocenters. The van der Waals surface area contributed by atoms with Gasteiger partial charge in [0.15, 0.2) is 0 Å². The molecule has 0 radical (unpaired) electrons. The van der Waals surface area contributed by atoms with Crippen molar-refractivity contribution in [2.45, 2.75) is 32.7 Å². The number of hydrogen-bond acceptors (Lipinski definition) is 3. The van der Waals surface area contributed by atoms with Gasteiger partial charge in [-0.25, -0.2) is 0 Å². The van der Waals surface area contributed by atoms with Crippen LogP contribution in [0, 0.1) is 5.92 Å². The van der Waals surface area contributed by atoms with E-state index in [4.69, 9.17) is 5.11 Å². The van der Waals surface area contributed by atoms with Gasteiger partial charge in [0.2, 0.25) is 5.91 Å². The van der Waals surface area contributed by atoms with Gasteiger partial charge < -0.3 is 10.4 Å². The molecule has 1 fully saturated rings. The summed E-state index contributed by atoms with van der Waals surface area (Å²) in [5, 5.41) is 11.3. The number of carbonyl (C=O) groups is 1. The highest BCUT2D eigenvalue weighted by molar-refractivity contribution is 5.78. The van der Waals surface area contributed by atoms with Crippen LogP contribution in [0.15, 0.2) is 0 Å². The number of nitrogens with one attached hydrogen (secondary N) is 1. The van der Waals surface area contributed by atoms with E-state index >= 15 is 0 Å². The molecule has 0 bridgehead atoms. The van der Waals surface area contributed by atoms with Gasteiger partial charge in [0, 0.05) is 19.1 Å². The van der Waals surface area contributed by atoms with Crippen LogP contribution in [0.4, 0.5) is 0 Å². The lowest BCUT2D eigenvalue weighted by molar-refractivity contribution is -0.122. The van der Waals surface area contributed by atoms with Gasteiger partial charge in [0.25, 0.3) is 0 Å². The molecule has 1 aliphatic carbocycles. The fraction of sp³-hybridized carbons (Fsp3) is 0.909. The second-order valence-corrected chi connectivity index (χ2v) is 4.63. The molecule has 0 saturated heterocycles. The summed E-state index contributed by atoms with van der Waals surface area (Å²) in [6.45, 7) is 6.17. The maximum absolute atomic E-state index is 11.5. The zero-order valence-electron chi connectivity index (χ0n) is 9.70. The van der Waals surface area contributed by atoms with Crippen LogP contribution in [-0.4, -0.2) is 48.2 Å². The SMILES string of the molecule is CC(C)CN(CC(=O)NCCO)C1CC1. The fourth-order valence-corrected chi connectivity index (χ4v) is 1.69. The van der Waals surface area contributed by atoms with Crippen molar-refractivity contribution in [2.24, 2.45) is 5.92 Å². The van der Waals surface area contributed by atoms with E-state index in [0.29, 0.717) is 25.0 Å². The Kier molecular flexibility index (Phi) is 5.05. The van der Waals surface area contributed by atoms with E-state index in [2.05, 4.69) is 24.1 Å². The second kappa shape index (κ2) is 6.08. The molecule has 0 aromatic carbocycles. The molecule has 1 rings (SSSR count). The maximum atomic E-state index is 11.5. The molecular formula is C11H22N2O2. The molecule has 4 heteroatoms. The van der Waals surface area contributed by atoms with Crippen LogP contribution in [0.1, 0.15) is 26.7 Å². The first-order chi connectivity index (χ1) is 7.13. The predicted molar refractivity (Wildman–Crippen MR) is 59.5 cm³/mol. The van der Waals surface area contributed by atoms with Crippen molar-refractivity contribution in [3.8, 4) is 0 Å². The molecule has 0 aromatic heterocycles. The Morgan fingerprint density at radius 2 is 2.20 bits per heavy atom. The molecule has 4 nitrogen and oxygen atoms in total. The Morgan fingerprint density at radius 1 is 1.53 bits per heavy atom. The van der Waals surface area contributed by atoms with Gasteiger partial charge in [-0.15, -0.1) is 0 Å². The summed E-state index contributed by atoms with van der Waals surface area (Å²) < 4.78 is 0. The normalized spacial score (nSPS) is 16.1. The fourth-order valence-electron chi connectivity index (χ4n) is 1.69. The Labute approximate surface area is 91.6 Å². The van der Waals surface area contributed by atoms with Crippen molar-refractivity contribution < 1.29 is 9.90 Å². The van der Waals surface area contributed by atoms with Crippen molar-refractivity contribution in [3.63, 3.8) is 0 Å². The number of aliphatic hydroxyl groups is 1. The van der Waals surface area contributed by atoms with E-state index in [-0.39, 0.29) is 12.5 Å². The minimum Gasteiger partial charge on any atom is -0.395 e. The lowest BCUT2D eigenvalue weighted by atomic mass is 10.2. The van der Waals surface area contributed by atoms with Crippen molar-refractivity contribution in [3.05, 3.63) is 0 Å². The van der Waals surface area contributed by atoms with Gasteiger partial charge in [-0.3, -0.25) is 9.69 Å². The van der Waals surface area contributed by atoms with Gasteiger partial charge >= 0.3 is 0 Å². The molecule has 2 N–H and O–H groups in total. The highest BCUT2D eigenvalue weighted by Gasteiger charge is 2.30. The van der Waals surface area contributed by atoms with E-state index in [0.717, 1.165) is 6.54 Å². The predicted octanol–water partition coefficient (Wildman–Crippen LogP) is 0.215. The number of rotatable bonds is 7. The highest BCUT2D eigenvalue weighted by Crippen LogP contribution is 2.27. The van der Waals surface area contributed by atoms with Crippen molar-refractivity contribution in [2.75, 3.05) is 26.2 Å². The zero-order chi connectivity index (χ0) is 11.3. The standard InChI is InChI=1S/C11H22N2O2/c1-9(2)7-13(10-3-4-10)8-11(15)12-5-6-14/h9-10,14H,3-8H2,1-2H3,(H,12,15). The summed E-state index contributed by atoms with van der Waals surface area (Å²) in [6.07, 6.45) is 2.44. The first-order valence-electron chi connectivity index (χ1n) is 5.75. The van der Waals surface area contributed by atoms with E-state index in [9.17, 15) is 4.79 Å². The van der Waals surface area contributed by atoms with E-state index < -0.39 is 0 Å². The van der Waals surface area contributed by atoms with Crippen LogP contribution in [0.3, 0.4) is 0 Å². The minimum absolute atomic E-state index is 0.0132. The monoisotopic (exact) mass is 214 g/mol. The van der Waals surface area contributed by atoms with Crippen LogP contribution < -0.4 is 5.32 Å². The van der Waals surface area contributed by atoms with E-state index in [1.54, 1.807) is 0 Å². The number of nitrogens with zero attached hydrogens (tertiary/aromatic N) is 1. The lowest BCUT2D eigenvalue weighted by Crippen LogP contribution is -2.40. The van der Waals surface area contributed by atoms with Crippen LogP contribution in [0.5, 0.6) is 0 Å². The van der Waals surface area contributed by atoms with Gasteiger partial charge in [-0.2, -0.15) is 0 Å². The minimum atomic E-state index is 0.0132. The summed E-state index contributed by atoms with van der Waals surface area (Å²) in [7, 11) is 0. The summed E-state index contributed by atoms with van der Waals surface area (Å²) >= 11 is 0. The quantitative estimate of drug-likeness (QED) is 0.637. The third kappa shape index (κ3) is 5.14. The Hall–Kier alpha value is -0.610. The molecule has 0 aliphatic heterocycles. The smallest absolute Gasteiger partial charge is 0.234 e. The zero-order valence-corrected chi connectivity index (χ0v) is 9.70. The van der Waals surface area contributed by atoms with E-state index in [1.165, 1.54) is 12.8 Å². The van der Waals surface area contributed by atoms with Gasteiger partial charge in [-0.05, 0) is 18.8 Å². The number of hydrogen-bond donors (Lipinski definition) is 2. The summed E-state index contributed by atoms with van der Waals surface area (Å²) in [4.78, 5) is 13.7. The topological polar surface area (TPSA) is 52.6 Å². The maximum Gasteiger partial charge on any atom is 0.234 e. The lowest BCUT2D eigenvalue weighted by Gasteiger charge is -2.23. The summed E-state index contributed by atoms with van der Waals surface area (Å²) in [5.74, 6) is 0.618. The molecular weight excluding hydrogens is 192 g/mol. The van der Waals surface area contributed by atoms with Crippen LogP contribution >= 0.6 is 0 Å². The number of amides is 1. The molecule has 1 aliphatic rings. The number of carbonyl (C=O) groups excluding carboxylic acids is 1. The van der Waals surface area contributed by atoms with Gasteiger partial charge in [0.1, 0.15) is 0 Å².